The number of nitrogens with zero attached hydrogens (tertiary/aromatic N) is 3. The maximum Gasteiger partial charge on any atom is 0.170 e. The van der Waals surface area contributed by atoms with Gasteiger partial charge in [-0.25, -0.2) is 0 Å². The fraction of sp³-hybridized carbons (Fsp3) is 0.0556. The van der Waals surface area contributed by atoms with Crippen molar-refractivity contribution in [1.29, 1.82) is 0 Å². The number of ether oxygens (including phenoxy) is 1. The average Bonchev–Trinajstić information content (AvgIpc) is 2.61. The van der Waals surface area contributed by atoms with Crippen LogP contribution in [0.25, 0.3) is 11.6 Å². The fourth-order valence-corrected chi connectivity index (χ4v) is 2.59. The Hall–Kier alpha value is -3.61. The number of phenols is 2. The number of benzene rings is 2. The Morgan fingerprint density at radius 3 is 2.52 bits per heavy atom. The molecule has 1 aliphatic heterocycles. The second-order valence-corrected chi connectivity index (χ2v) is 5.32. The van der Waals surface area contributed by atoms with Crippen molar-refractivity contribution in [2.45, 2.75) is 6.10 Å². The maximum absolute atomic E-state index is 9.70. The topological polar surface area (TPSA) is 113 Å². The van der Waals surface area contributed by atoms with E-state index in [0.717, 1.165) is 16.7 Å². The summed E-state index contributed by atoms with van der Waals surface area (Å²) in [6.07, 6.45) is 2.66. The molecule has 0 saturated heterocycles. The van der Waals surface area contributed by atoms with Gasteiger partial charge in [-0.15, -0.1) is 5.11 Å². The number of fused-ring (bicyclic) bond motifs is 1. The van der Waals surface area contributed by atoms with Crippen LogP contribution < -0.4 is 10.6 Å². The third-order valence-corrected chi connectivity index (χ3v) is 3.70. The van der Waals surface area contributed by atoms with Gasteiger partial charge in [0.1, 0.15) is 22.9 Å². The summed E-state index contributed by atoms with van der Waals surface area (Å²) in [5.41, 5.74) is 2.75. The third kappa shape index (κ3) is 3.35. The minimum absolute atomic E-state index is 0.0896. The Balaban J connectivity index is 2.16. The number of aromatic hydroxyl groups is 2. The van der Waals surface area contributed by atoms with E-state index in [1.165, 1.54) is 12.3 Å². The predicted octanol–water partition coefficient (Wildman–Crippen LogP) is 3.27. The van der Waals surface area contributed by atoms with Crippen molar-refractivity contribution in [1.82, 2.24) is 0 Å². The molecule has 25 heavy (non-hydrogen) atoms. The van der Waals surface area contributed by atoms with Crippen molar-refractivity contribution < 1.29 is 14.9 Å². The standard InChI is InChI=1S/C18H16N4O3/c1-20-10-16(21-22-19)18-15(11-2-5-13(23)6-3-11)8-12-4-7-14(24)9-17(12)25-18/h2-10,18,23-24H,1H2,(H2,19,21)/b16-10-. The van der Waals surface area contributed by atoms with Gasteiger partial charge >= 0.3 is 0 Å². The van der Waals surface area contributed by atoms with Crippen molar-refractivity contribution in [3.8, 4) is 17.2 Å². The number of aliphatic imine (C=N–C) groups is 1. The zero-order valence-corrected chi connectivity index (χ0v) is 13.2. The quantitative estimate of drug-likeness (QED) is 0.344. The molecule has 0 fully saturated rings. The first-order chi connectivity index (χ1) is 12.1. The highest BCUT2D eigenvalue weighted by Gasteiger charge is 2.28. The van der Waals surface area contributed by atoms with Gasteiger partial charge in [0.2, 0.25) is 0 Å². The van der Waals surface area contributed by atoms with Crippen LogP contribution in [-0.4, -0.2) is 23.0 Å². The first-order valence-electron chi connectivity index (χ1n) is 7.40. The lowest BCUT2D eigenvalue weighted by Gasteiger charge is -2.27. The van der Waals surface area contributed by atoms with E-state index >= 15 is 0 Å². The number of hydrogen-bond donors (Lipinski definition) is 3. The molecular weight excluding hydrogens is 320 g/mol. The highest BCUT2D eigenvalue weighted by molar-refractivity contribution is 5.89. The number of hydrogen-bond acceptors (Lipinski definition) is 6. The van der Waals surface area contributed by atoms with Crippen LogP contribution in [0.1, 0.15) is 11.1 Å². The van der Waals surface area contributed by atoms with Gasteiger partial charge in [-0.3, -0.25) is 4.99 Å². The van der Waals surface area contributed by atoms with Gasteiger partial charge in [0.15, 0.2) is 6.10 Å². The molecule has 1 heterocycles. The van der Waals surface area contributed by atoms with Gasteiger partial charge in [-0.05, 0) is 42.6 Å². The fourth-order valence-electron chi connectivity index (χ4n) is 2.59. The summed E-state index contributed by atoms with van der Waals surface area (Å²) in [6.45, 7) is 3.43. The molecule has 2 aromatic rings. The molecule has 0 spiro atoms. The highest BCUT2D eigenvalue weighted by atomic mass is 16.5. The Bertz CT molecular complexity index is 886. The Morgan fingerprint density at radius 2 is 1.84 bits per heavy atom. The minimum atomic E-state index is -0.656. The van der Waals surface area contributed by atoms with Gasteiger partial charge in [0, 0.05) is 17.2 Å². The van der Waals surface area contributed by atoms with Gasteiger partial charge in [0.25, 0.3) is 0 Å². The zero-order valence-electron chi connectivity index (χ0n) is 13.2. The lowest BCUT2D eigenvalue weighted by molar-refractivity contribution is 0.284. The molecule has 0 aromatic heterocycles. The molecule has 0 radical (unpaired) electrons. The van der Waals surface area contributed by atoms with Crippen molar-refractivity contribution in [3.63, 3.8) is 0 Å². The first kappa shape index (κ1) is 16.3. The second kappa shape index (κ2) is 6.88. The Labute approximate surface area is 144 Å². The molecule has 0 amide bonds. The van der Waals surface area contributed by atoms with E-state index in [0.29, 0.717) is 11.4 Å². The predicted molar refractivity (Wildman–Crippen MR) is 95.2 cm³/mol. The van der Waals surface area contributed by atoms with Crippen LogP contribution in [-0.2, 0) is 0 Å². The molecule has 3 rings (SSSR count). The molecule has 2 aromatic carbocycles. The number of nitrogens with two attached hydrogens (primary N) is 1. The molecule has 4 N–H and O–H groups in total. The van der Waals surface area contributed by atoms with Crippen LogP contribution in [0.3, 0.4) is 0 Å². The summed E-state index contributed by atoms with van der Waals surface area (Å²) >= 11 is 0. The van der Waals surface area contributed by atoms with E-state index in [2.05, 4.69) is 22.0 Å². The molecule has 0 bridgehead atoms. The summed E-state index contributed by atoms with van der Waals surface area (Å²) in [5, 5.41) is 26.4. The molecule has 1 aliphatic rings. The monoisotopic (exact) mass is 336 g/mol. The van der Waals surface area contributed by atoms with Gasteiger partial charge in [-0.2, -0.15) is 0 Å². The normalized spacial score (nSPS) is 16.9. The zero-order chi connectivity index (χ0) is 17.8. The van der Waals surface area contributed by atoms with Crippen LogP contribution in [0, 0.1) is 0 Å². The maximum atomic E-state index is 9.70. The summed E-state index contributed by atoms with van der Waals surface area (Å²) in [5.74, 6) is 5.94. The van der Waals surface area contributed by atoms with Crippen molar-refractivity contribution in [2.24, 2.45) is 21.2 Å². The van der Waals surface area contributed by atoms with E-state index in [9.17, 15) is 10.2 Å². The number of phenolic OH excluding ortho intramolecular Hbond substituents is 2. The average molecular weight is 336 g/mol. The van der Waals surface area contributed by atoms with Gasteiger partial charge in [-0.1, -0.05) is 17.4 Å². The van der Waals surface area contributed by atoms with Gasteiger partial charge < -0.3 is 20.8 Å². The molecule has 0 saturated carbocycles. The Kier molecular flexibility index (Phi) is 4.47. The molecule has 7 nitrogen and oxygen atoms in total. The Morgan fingerprint density at radius 1 is 1.12 bits per heavy atom. The van der Waals surface area contributed by atoms with E-state index in [1.54, 1.807) is 36.4 Å². The van der Waals surface area contributed by atoms with Crippen LogP contribution in [0.15, 0.2) is 69.7 Å². The molecule has 1 unspecified atom stereocenters. The van der Waals surface area contributed by atoms with Crippen molar-refractivity contribution >= 4 is 18.4 Å². The van der Waals surface area contributed by atoms with Crippen LogP contribution in [0.4, 0.5) is 0 Å². The summed E-state index contributed by atoms with van der Waals surface area (Å²) in [4.78, 5) is 3.73. The largest absolute Gasteiger partial charge is 0.508 e. The van der Waals surface area contributed by atoms with Crippen LogP contribution in [0.5, 0.6) is 17.2 Å². The number of rotatable bonds is 4. The van der Waals surface area contributed by atoms with Crippen LogP contribution >= 0.6 is 0 Å². The smallest absolute Gasteiger partial charge is 0.170 e. The van der Waals surface area contributed by atoms with E-state index in [-0.39, 0.29) is 11.5 Å². The van der Waals surface area contributed by atoms with E-state index in [1.807, 2.05) is 6.08 Å². The van der Waals surface area contributed by atoms with Gasteiger partial charge in [0.05, 0.1) is 6.20 Å². The summed E-state index contributed by atoms with van der Waals surface area (Å²) in [7, 11) is 0. The molecule has 126 valence electrons. The first-order valence-corrected chi connectivity index (χ1v) is 7.40. The van der Waals surface area contributed by atoms with Crippen LogP contribution in [0.2, 0.25) is 0 Å². The lowest BCUT2D eigenvalue weighted by Crippen LogP contribution is -2.23. The second-order valence-electron chi connectivity index (χ2n) is 5.32. The molecule has 0 aliphatic carbocycles. The highest BCUT2D eigenvalue weighted by Crippen LogP contribution is 2.39. The molecule has 1 atom stereocenters. The third-order valence-electron chi connectivity index (χ3n) is 3.70. The van der Waals surface area contributed by atoms with Crippen molar-refractivity contribution in [3.05, 3.63) is 65.5 Å². The lowest BCUT2D eigenvalue weighted by atomic mass is 9.93. The molecular formula is C18H16N4O3. The van der Waals surface area contributed by atoms with Crippen molar-refractivity contribution in [2.75, 3.05) is 0 Å². The summed E-state index contributed by atoms with van der Waals surface area (Å²) in [6, 6.07) is 11.5. The van der Waals surface area contributed by atoms with E-state index in [4.69, 9.17) is 10.6 Å². The SMILES string of the molecule is C=N/C=C(\N=NN)C1Oc2cc(O)ccc2C=C1c1ccc(O)cc1. The summed E-state index contributed by atoms with van der Waals surface area (Å²) < 4.78 is 6.02. The molecule has 7 heteroatoms. The minimum Gasteiger partial charge on any atom is -0.508 e. The van der Waals surface area contributed by atoms with E-state index < -0.39 is 6.10 Å².